The van der Waals surface area contributed by atoms with Crippen molar-refractivity contribution >= 4 is 10.0 Å². The van der Waals surface area contributed by atoms with E-state index in [1.165, 1.54) is 0 Å². The van der Waals surface area contributed by atoms with Crippen LogP contribution in [0, 0.1) is 0 Å². The SMILES string of the molecule is CC(C)NS(=O)(=O)[C@H](C)c1nccn1C. The first-order chi connectivity index (χ1) is 6.84. The molecule has 0 unspecified atom stereocenters. The van der Waals surface area contributed by atoms with Crippen LogP contribution in [0.15, 0.2) is 12.4 Å². The molecule has 5 nitrogen and oxygen atoms in total. The van der Waals surface area contributed by atoms with Crippen molar-refractivity contribution in [2.24, 2.45) is 7.05 Å². The van der Waals surface area contributed by atoms with Crippen LogP contribution in [-0.2, 0) is 17.1 Å². The second kappa shape index (κ2) is 4.32. The van der Waals surface area contributed by atoms with Gasteiger partial charge in [0.25, 0.3) is 0 Å². The minimum absolute atomic E-state index is 0.0993. The molecule has 0 saturated carbocycles. The first kappa shape index (κ1) is 12.2. The number of hydrogen-bond acceptors (Lipinski definition) is 3. The molecule has 0 aliphatic heterocycles. The van der Waals surface area contributed by atoms with Crippen molar-refractivity contribution in [3.05, 3.63) is 18.2 Å². The van der Waals surface area contributed by atoms with Crippen LogP contribution in [0.2, 0.25) is 0 Å². The van der Waals surface area contributed by atoms with Gasteiger partial charge in [-0.15, -0.1) is 0 Å². The smallest absolute Gasteiger partial charge is 0.221 e. The van der Waals surface area contributed by atoms with Crippen LogP contribution in [0.3, 0.4) is 0 Å². The molecule has 0 saturated heterocycles. The highest BCUT2D eigenvalue weighted by Gasteiger charge is 2.26. The first-order valence-electron chi connectivity index (χ1n) is 4.83. The zero-order valence-electron chi connectivity index (χ0n) is 9.43. The lowest BCUT2D eigenvalue weighted by molar-refractivity contribution is 0.554. The predicted octanol–water partition coefficient (Wildman–Crippen LogP) is 0.809. The molecular formula is C9H17N3O2S. The zero-order chi connectivity index (χ0) is 11.6. The van der Waals surface area contributed by atoms with Gasteiger partial charge in [0.1, 0.15) is 11.1 Å². The van der Waals surface area contributed by atoms with Gasteiger partial charge in [-0.05, 0) is 20.8 Å². The molecule has 86 valence electrons. The third kappa shape index (κ3) is 2.79. The van der Waals surface area contributed by atoms with Crippen molar-refractivity contribution in [1.82, 2.24) is 14.3 Å². The van der Waals surface area contributed by atoms with Crippen molar-refractivity contribution in [1.29, 1.82) is 0 Å². The van der Waals surface area contributed by atoms with Gasteiger partial charge < -0.3 is 4.57 Å². The summed E-state index contributed by atoms with van der Waals surface area (Å²) in [5.41, 5.74) is 0. The third-order valence-electron chi connectivity index (χ3n) is 2.09. The van der Waals surface area contributed by atoms with Gasteiger partial charge in [0, 0.05) is 25.5 Å². The minimum Gasteiger partial charge on any atom is -0.337 e. The van der Waals surface area contributed by atoms with Crippen molar-refractivity contribution in [2.75, 3.05) is 0 Å². The monoisotopic (exact) mass is 231 g/mol. The highest BCUT2D eigenvalue weighted by Crippen LogP contribution is 2.18. The van der Waals surface area contributed by atoms with Crippen molar-refractivity contribution in [3.63, 3.8) is 0 Å². The minimum atomic E-state index is -3.34. The van der Waals surface area contributed by atoms with Crippen molar-refractivity contribution in [2.45, 2.75) is 32.1 Å². The number of hydrogen-bond donors (Lipinski definition) is 1. The fraction of sp³-hybridized carbons (Fsp3) is 0.667. The van der Waals surface area contributed by atoms with Crippen LogP contribution in [0.4, 0.5) is 0 Å². The van der Waals surface area contributed by atoms with Gasteiger partial charge in [-0.3, -0.25) is 0 Å². The molecule has 0 aliphatic carbocycles. The van der Waals surface area contributed by atoms with E-state index in [0.717, 1.165) is 0 Å². The Morgan fingerprint density at radius 2 is 2.00 bits per heavy atom. The van der Waals surface area contributed by atoms with Crippen LogP contribution < -0.4 is 4.72 Å². The van der Waals surface area contributed by atoms with E-state index < -0.39 is 15.3 Å². The van der Waals surface area contributed by atoms with E-state index in [9.17, 15) is 8.42 Å². The van der Waals surface area contributed by atoms with E-state index in [-0.39, 0.29) is 6.04 Å². The molecule has 0 bridgehead atoms. The van der Waals surface area contributed by atoms with Gasteiger partial charge in [-0.2, -0.15) is 0 Å². The Bertz CT molecular complexity index is 422. The number of nitrogens with one attached hydrogen (secondary N) is 1. The fourth-order valence-electron chi connectivity index (χ4n) is 1.34. The average molecular weight is 231 g/mol. The number of nitrogens with zero attached hydrogens (tertiary/aromatic N) is 2. The van der Waals surface area contributed by atoms with Gasteiger partial charge in [-0.1, -0.05) is 0 Å². The predicted molar refractivity (Wildman–Crippen MR) is 58.8 cm³/mol. The van der Waals surface area contributed by atoms with Gasteiger partial charge in [0.2, 0.25) is 10.0 Å². The second-order valence-electron chi connectivity index (χ2n) is 3.86. The molecule has 0 radical (unpaired) electrons. The molecule has 1 atom stereocenters. The molecule has 1 N–H and O–H groups in total. The Morgan fingerprint density at radius 1 is 1.40 bits per heavy atom. The number of sulfonamides is 1. The molecule has 1 aromatic heterocycles. The molecule has 0 fully saturated rings. The molecule has 0 aliphatic rings. The Morgan fingerprint density at radius 3 is 2.40 bits per heavy atom. The summed E-state index contributed by atoms with van der Waals surface area (Å²) in [6.07, 6.45) is 3.33. The Hall–Kier alpha value is -0.880. The molecule has 1 heterocycles. The quantitative estimate of drug-likeness (QED) is 0.834. The van der Waals surface area contributed by atoms with E-state index in [4.69, 9.17) is 0 Å². The summed E-state index contributed by atoms with van der Waals surface area (Å²) in [5, 5.41) is -0.639. The summed E-state index contributed by atoms with van der Waals surface area (Å²) >= 11 is 0. The topological polar surface area (TPSA) is 64.0 Å². The molecule has 0 amide bonds. The van der Waals surface area contributed by atoms with E-state index in [2.05, 4.69) is 9.71 Å². The number of rotatable bonds is 4. The van der Waals surface area contributed by atoms with Gasteiger partial charge in [0.05, 0.1) is 0 Å². The van der Waals surface area contributed by atoms with Gasteiger partial charge in [-0.25, -0.2) is 18.1 Å². The highest BCUT2D eigenvalue weighted by atomic mass is 32.2. The van der Waals surface area contributed by atoms with Crippen molar-refractivity contribution in [3.8, 4) is 0 Å². The first-order valence-corrected chi connectivity index (χ1v) is 6.37. The lowest BCUT2D eigenvalue weighted by atomic mass is 10.4. The third-order valence-corrected chi connectivity index (χ3v) is 4.03. The van der Waals surface area contributed by atoms with E-state index in [1.807, 2.05) is 0 Å². The van der Waals surface area contributed by atoms with Gasteiger partial charge >= 0.3 is 0 Å². The maximum absolute atomic E-state index is 11.8. The van der Waals surface area contributed by atoms with Crippen LogP contribution in [0.5, 0.6) is 0 Å². The molecule has 15 heavy (non-hydrogen) atoms. The maximum Gasteiger partial charge on any atom is 0.221 e. The number of aromatic nitrogens is 2. The molecule has 0 spiro atoms. The summed E-state index contributed by atoms with van der Waals surface area (Å²) in [6.45, 7) is 5.22. The summed E-state index contributed by atoms with van der Waals surface area (Å²) < 4.78 is 27.9. The van der Waals surface area contributed by atoms with Crippen molar-refractivity contribution < 1.29 is 8.42 Å². The Balaban J connectivity index is 2.95. The van der Waals surface area contributed by atoms with Crippen LogP contribution in [0.1, 0.15) is 31.8 Å². The average Bonchev–Trinajstić information content (AvgIpc) is 2.47. The number of aryl methyl sites for hydroxylation is 1. The van der Waals surface area contributed by atoms with E-state index in [0.29, 0.717) is 5.82 Å². The Kier molecular flexibility index (Phi) is 3.51. The van der Waals surface area contributed by atoms with Crippen LogP contribution in [-0.4, -0.2) is 24.0 Å². The standard InChI is InChI=1S/C9H17N3O2S/c1-7(2)11-15(13,14)8(3)9-10-5-6-12(9)4/h5-8,11H,1-4H3/t8-/m1/s1. The fourth-order valence-corrected chi connectivity index (χ4v) is 2.70. The Labute approximate surface area is 90.6 Å². The molecule has 1 rings (SSSR count). The summed E-state index contributed by atoms with van der Waals surface area (Å²) in [6, 6.07) is -0.0993. The van der Waals surface area contributed by atoms with Gasteiger partial charge in [0.15, 0.2) is 0 Å². The summed E-state index contributed by atoms with van der Waals surface area (Å²) in [7, 11) is -1.56. The normalized spacial score (nSPS) is 14.5. The zero-order valence-corrected chi connectivity index (χ0v) is 10.2. The molecule has 6 heteroatoms. The molecule has 0 aromatic carbocycles. The summed E-state index contributed by atoms with van der Waals surface area (Å²) in [5.74, 6) is 0.545. The molecular weight excluding hydrogens is 214 g/mol. The lowest BCUT2D eigenvalue weighted by Gasteiger charge is -2.15. The highest BCUT2D eigenvalue weighted by molar-refractivity contribution is 7.89. The summed E-state index contributed by atoms with van der Waals surface area (Å²) in [4.78, 5) is 4.03. The van der Waals surface area contributed by atoms with E-state index in [1.54, 1.807) is 44.8 Å². The van der Waals surface area contributed by atoms with E-state index >= 15 is 0 Å². The molecule has 1 aromatic rings. The van der Waals surface area contributed by atoms with Crippen LogP contribution in [0.25, 0.3) is 0 Å². The second-order valence-corrected chi connectivity index (χ2v) is 5.89. The largest absolute Gasteiger partial charge is 0.337 e. The van der Waals surface area contributed by atoms with Crippen LogP contribution >= 0.6 is 0 Å². The number of imidazole rings is 1. The lowest BCUT2D eigenvalue weighted by Crippen LogP contribution is -2.34. The maximum atomic E-state index is 11.8.